The molecule has 2 aliphatic carbocycles. The molecule has 7 nitrogen and oxygen atoms in total. The van der Waals surface area contributed by atoms with Gasteiger partial charge in [0.05, 0.1) is 11.9 Å². The van der Waals surface area contributed by atoms with Gasteiger partial charge in [-0.3, -0.25) is 0 Å². The zero-order chi connectivity index (χ0) is 18.0. The predicted molar refractivity (Wildman–Crippen MR) is 104 cm³/mol. The number of nitrogens with one attached hydrogen (secondary N) is 2. The minimum Gasteiger partial charge on any atom is -0.351 e. The lowest BCUT2D eigenvalue weighted by molar-refractivity contribution is 0.687. The molecule has 2 fully saturated rings. The van der Waals surface area contributed by atoms with Crippen LogP contribution in [0.2, 0.25) is 0 Å². The van der Waals surface area contributed by atoms with Gasteiger partial charge in [-0.25, -0.2) is 14.5 Å². The van der Waals surface area contributed by atoms with Crippen molar-refractivity contribution < 1.29 is 0 Å². The van der Waals surface area contributed by atoms with Crippen molar-refractivity contribution in [2.75, 3.05) is 5.32 Å². The number of aromatic nitrogens is 6. The Morgan fingerprint density at radius 1 is 1.19 bits per heavy atom. The third-order valence-electron chi connectivity index (χ3n) is 5.81. The van der Waals surface area contributed by atoms with Gasteiger partial charge in [0.1, 0.15) is 5.65 Å². The van der Waals surface area contributed by atoms with Crippen LogP contribution >= 0.6 is 0 Å². The predicted octanol–water partition coefficient (Wildman–Crippen LogP) is 3.76. The minimum atomic E-state index is 0.420. The monoisotopic (exact) mass is 359 g/mol. The molecule has 2 N–H and O–H groups in total. The zero-order valence-electron chi connectivity index (χ0n) is 15.2. The summed E-state index contributed by atoms with van der Waals surface area (Å²) in [6.07, 6.45) is 12.9. The molecule has 0 bridgehead atoms. The number of rotatable bonds is 5. The van der Waals surface area contributed by atoms with Gasteiger partial charge in [-0.05, 0) is 50.5 Å². The van der Waals surface area contributed by atoms with Crippen LogP contribution in [0.15, 0.2) is 30.9 Å². The van der Waals surface area contributed by atoms with Crippen LogP contribution in [0.25, 0.3) is 27.9 Å². The highest BCUT2D eigenvalue weighted by atomic mass is 15.2. The maximum absolute atomic E-state index is 4.90. The summed E-state index contributed by atoms with van der Waals surface area (Å²) in [7, 11) is 0. The first-order valence-electron chi connectivity index (χ1n) is 9.71. The Kier molecular flexibility index (Phi) is 3.09. The van der Waals surface area contributed by atoms with Gasteiger partial charge in [-0.1, -0.05) is 0 Å². The van der Waals surface area contributed by atoms with E-state index in [1.165, 1.54) is 31.2 Å². The molecule has 6 rings (SSSR count). The molecule has 0 amide bonds. The average Bonchev–Trinajstić information content (AvgIpc) is 3.61. The maximum atomic E-state index is 4.90. The summed E-state index contributed by atoms with van der Waals surface area (Å²) in [4.78, 5) is 17.4. The molecular weight excluding hydrogens is 338 g/mol. The summed E-state index contributed by atoms with van der Waals surface area (Å²) in [5.74, 6) is 2.07. The number of aromatic amines is 1. The molecule has 4 heterocycles. The highest BCUT2D eigenvalue weighted by Gasteiger charge is 2.29. The van der Waals surface area contributed by atoms with Crippen molar-refractivity contribution in [3.8, 4) is 11.3 Å². The number of H-pyrrole nitrogens is 1. The Bertz CT molecular complexity index is 1150. The molecule has 0 aliphatic heterocycles. The van der Waals surface area contributed by atoms with E-state index < -0.39 is 0 Å². The van der Waals surface area contributed by atoms with Crippen molar-refractivity contribution in [1.29, 1.82) is 0 Å². The average molecular weight is 359 g/mol. The standard InChI is InChI=1S/C20H21N7/c1-11(12-2-3-12)24-20-22-9-16-15(8-21-18(16)26-20)17-6-7-27-19(25-17)14(10-23-27)13-4-5-13/h6-13H,2-5H2,1H3,(H2,21,22,24,26). The third-order valence-corrected chi connectivity index (χ3v) is 5.81. The summed E-state index contributed by atoms with van der Waals surface area (Å²) in [6.45, 7) is 2.20. The maximum Gasteiger partial charge on any atom is 0.224 e. The molecule has 0 aromatic carbocycles. The molecule has 7 heteroatoms. The number of hydrogen-bond donors (Lipinski definition) is 2. The Morgan fingerprint density at radius 3 is 2.89 bits per heavy atom. The van der Waals surface area contributed by atoms with Gasteiger partial charge in [-0.15, -0.1) is 0 Å². The van der Waals surface area contributed by atoms with Gasteiger partial charge in [0.25, 0.3) is 0 Å². The van der Waals surface area contributed by atoms with E-state index in [4.69, 9.17) is 4.98 Å². The number of nitrogens with zero attached hydrogens (tertiary/aromatic N) is 5. The summed E-state index contributed by atoms with van der Waals surface area (Å²) in [5.41, 5.74) is 5.00. The van der Waals surface area contributed by atoms with Crippen LogP contribution in [0, 0.1) is 5.92 Å². The van der Waals surface area contributed by atoms with E-state index in [-0.39, 0.29) is 0 Å². The van der Waals surface area contributed by atoms with Crippen molar-refractivity contribution in [3.63, 3.8) is 0 Å². The van der Waals surface area contributed by atoms with Gasteiger partial charge in [-0.2, -0.15) is 10.1 Å². The topological polar surface area (TPSA) is 83.8 Å². The lowest BCUT2D eigenvalue weighted by Crippen LogP contribution is -2.18. The fourth-order valence-electron chi connectivity index (χ4n) is 3.83. The second-order valence-electron chi connectivity index (χ2n) is 7.88. The Morgan fingerprint density at radius 2 is 2.07 bits per heavy atom. The first-order chi connectivity index (χ1) is 13.3. The summed E-state index contributed by atoms with van der Waals surface area (Å²) >= 11 is 0. The first-order valence-corrected chi connectivity index (χ1v) is 9.71. The largest absolute Gasteiger partial charge is 0.351 e. The van der Waals surface area contributed by atoms with E-state index in [1.807, 2.05) is 35.4 Å². The van der Waals surface area contributed by atoms with E-state index >= 15 is 0 Å². The van der Waals surface area contributed by atoms with E-state index in [1.54, 1.807) is 0 Å². The number of fused-ring (bicyclic) bond motifs is 2. The van der Waals surface area contributed by atoms with E-state index in [9.17, 15) is 0 Å². The van der Waals surface area contributed by atoms with Crippen LogP contribution in [0.3, 0.4) is 0 Å². The first kappa shape index (κ1) is 15.1. The second kappa shape index (κ2) is 5.52. The number of hydrogen-bond acceptors (Lipinski definition) is 5. The summed E-state index contributed by atoms with van der Waals surface area (Å²) < 4.78 is 1.86. The highest BCUT2D eigenvalue weighted by molar-refractivity contribution is 5.92. The van der Waals surface area contributed by atoms with Crippen LogP contribution in [-0.2, 0) is 0 Å². The highest BCUT2D eigenvalue weighted by Crippen LogP contribution is 2.41. The number of anilines is 1. The Labute approximate surface area is 156 Å². The third kappa shape index (κ3) is 2.57. The van der Waals surface area contributed by atoms with E-state index in [0.717, 1.165) is 33.9 Å². The van der Waals surface area contributed by atoms with Crippen LogP contribution in [0.1, 0.15) is 44.1 Å². The van der Waals surface area contributed by atoms with Crippen molar-refractivity contribution in [2.24, 2.45) is 5.92 Å². The molecule has 27 heavy (non-hydrogen) atoms. The minimum absolute atomic E-state index is 0.420. The molecule has 0 spiro atoms. The van der Waals surface area contributed by atoms with Gasteiger partial charge >= 0.3 is 0 Å². The van der Waals surface area contributed by atoms with Crippen molar-refractivity contribution in [1.82, 2.24) is 29.5 Å². The summed E-state index contributed by atoms with van der Waals surface area (Å²) in [5, 5.41) is 8.85. The van der Waals surface area contributed by atoms with Gasteiger partial charge in [0, 0.05) is 41.1 Å². The quantitative estimate of drug-likeness (QED) is 0.567. The zero-order valence-corrected chi connectivity index (χ0v) is 15.2. The fraction of sp³-hybridized carbons (Fsp3) is 0.400. The Balaban J connectivity index is 1.38. The van der Waals surface area contributed by atoms with Crippen LogP contribution < -0.4 is 5.32 Å². The second-order valence-corrected chi connectivity index (χ2v) is 7.88. The van der Waals surface area contributed by atoms with Gasteiger partial charge in [0.2, 0.25) is 5.95 Å². The SMILES string of the molecule is CC(Nc1ncc2c(-c3ccn4ncc(C5CC5)c4n3)c[nH]c2n1)C1CC1. The van der Waals surface area contributed by atoms with Crippen LogP contribution in [-0.4, -0.2) is 35.6 Å². The lowest BCUT2D eigenvalue weighted by Gasteiger charge is -2.12. The molecule has 4 aromatic rings. The van der Waals surface area contributed by atoms with Gasteiger partial charge < -0.3 is 10.3 Å². The summed E-state index contributed by atoms with van der Waals surface area (Å²) in [6, 6.07) is 2.42. The molecule has 1 unspecified atom stereocenters. The molecule has 2 saturated carbocycles. The molecule has 1 atom stereocenters. The van der Waals surface area contributed by atoms with Crippen LogP contribution in [0.5, 0.6) is 0 Å². The van der Waals surface area contributed by atoms with E-state index in [2.05, 4.69) is 32.3 Å². The normalized spacial score (nSPS) is 18.3. The smallest absolute Gasteiger partial charge is 0.224 e. The fourth-order valence-corrected chi connectivity index (χ4v) is 3.83. The molecular formula is C20H21N7. The molecule has 0 radical (unpaired) electrons. The van der Waals surface area contributed by atoms with Crippen LogP contribution in [0.4, 0.5) is 5.95 Å². The molecule has 4 aromatic heterocycles. The van der Waals surface area contributed by atoms with E-state index in [0.29, 0.717) is 17.9 Å². The molecule has 0 saturated heterocycles. The van der Waals surface area contributed by atoms with Gasteiger partial charge in [0.15, 0.2) is 5.65 Å². The van der Waals surface area contributed by atoms with Crippen molar-refractivity contribution in [2.45, 2.75) is 44.6 Å². The lowest BCUT2D eigenvalue weighted by atomic mass is 10.1. The Hall–Kier alpha value is -2.96. The van der Waals surface area contributed by atoms with Crippen molar-refractivity contribution >= 4 is 22.6 Å². The van der Waals surface area contributed by atoms with Crippen molar-refractivity contribution in [3.05, 3.63) is 36.4 Å². The molecule has 2 aliphatic rings. The molecule has 136 valence electrons.